The van der Waals surface area contributed by atoms with Gasteiger partial charge in [-0.05, 0) is 0 Å². The van der Waals surface area contributed by atoms with E-state index in [1.807, 2.05) is 0 Å². The van der Waals surface area contributed by atoms with Gasteiger partial charge >= 0.3 is 0 Å². The molecule has 98 valence electrons. The van der Waals surface area contributed by atoms with Gasteiger partial charge in [0.05, 0.1) is 52.9 Å². The van der Waals surface area contributed by atoms with Crippen molar-refractivity contribution in [3.05, 3.63) is 0 Å². The van der Waals surface area contributed by atoms with Gasteiger partial charge in [0, 0.05) is 11.9 Å². The topological polar surface area (TPSA) is 62.9 Å². The second-order valence-corrected chi connectivity index (χ2v) is 3.72. The van der Waals surface area contributed by atoms with E-state index in [-0.39, 0.29) is 0 Å². The lowest BCUT2D eigenvalue weighted by atomic mass is 10.7. The highest BCUT2D eigenvalue weighted by molar-refractivity contribution is 9.09. The summed E-state index contributed by atoms with van der Waals surface area (Å²) in [4.78, 5) is 0. The molecule has 0 saturated carbocycles. The van der Waals surface area contributed by atoms with Gasteiger partial charge in [-0.15, -0.1) is 0 Å². The molecular weight excluding hydrogens is 278 g/mol. The smallest absolute Gasteiger partial charge is 0.0701 e. The third-order valence-electron chi connectivity index (χ3n) is 1.60. The van der Waals surface area contributed by atoms with Crippen LogP contribution in [0.2, 0.25) is 0 Å². The quantitative estimate of drug-likeness (QED) is 0.394. The number of hydrogen-bond acceptors (Lipinski definition) is 5. The highest BCUT2D eigenvalue weighted by atomic mass is 79.9. The summed E-state index contributed by atoms with van der Waals surface area (Å²) < 4.78 is 20.9. The zero-order valence-electron chi connectivity index (χ0n) is 9.66. The van der Waals surface area contributed by atoms with E-state index in [2.05, 4.69) is 15.9 Å². The summed E-state index contributed by atoms with van der Waals surface area (Å²) in [5.74, 6) is 0. The fourth-order valence-corrected chi connectivity index (χ4v) is 1.13. The first-order chi connectivity index (χ1) is 7.91. The fraction of sp³-hybridized carbons (Fsp3) is 1.00. The third-order valence-corrected chi connectivity index (χ3v) is 1.92. The normalized spacial score (nSPS) is 10.9. The third kappa shape index (κ3) is 14.3. The van der Waals surface area contributed by atoms with E-state index >= 15 is 0 Å². The maximum Gasteiger partial charge on any atom is 0.0701 e. The molecule has 0 unspecified atom stereocenters. The van der Waals surface area contributed by atoms with Crippen LogP contribution >= 0.6 is 15.9 Å². The van der Waals surface area contributed by atoms with E-state index < -0.39 is 0 Å². The minimum atomic E-state index is 0.553. The number of ether oxygens (including phenoxy) is 4. The number of alkyl halides is 1. The molecule has 0 heterocycles. The van der Waals surface area contributed by atoms with E-state index in [1.165, 1.54) is 0 Å². The maximum atomic E-state index is 5.28. The Morgan fingerprint density at radius 2 is 1.00 bits per heavy atom. The van der Waals surface area contributed by atoms with Crippen molar-refractivity contribution in [2.75, 3.05) is 64.7 Å². The minimum absolute atomic E-state index is 0.553. The predicted molar refractivity (Wildman–Crippen MR) is 66.1 cm³/mol. The first kappa shape index (κ1) is 16.3. The van der Waals surface area contributed by atoms with Crippen molar-refractivity contribution < 1.29 is 18.9 Å². The molecule has 2 N–H and O–H groups in total. The molecule has 5 nitrogen and oxygen atoms in total. The van der Waals surface area contributed by atoms with Crippen LogP contribution in [0.5, 0.6) is 0 Å². The average Bonchev–Trinajstić information content (AvgIpc) is 2.31. The van der Waals surface area contributed by atoms with Crippen molar-refractivity contribution in [2.24, 2.45) is 5.73 Å². The standard InChI is InChI=1S/C10H22BrNO4/c11-1-3-13-5-7-15-9-10-16-8-6-14-4-2-12/h1-10,12H2. The Morgan fingerprint density at radius 3 is 1.38 bits per heavy atom. The fourth-order valence-electron chi connectivity index (χ4n) is 0.900. The van der Waals surface area contributed by atoms with Crippen LogP contribution < -0.4 is 5.73 Å². The Hall–Kier alpha value is 0.280. The Kier molecular flexibility index (Phi) is 15.5. The highest BCUT2D eigenvalue weighted by Crippen LogP contribution is 1.84. The molecular formula is C10H22BrNO4. The van der Waals surface area contributed by atoms with Crippen LogP contribution in [0.1, 0.15) is 0 Å². The summed E-state index contributed by atoms with van der Waals surface area (Å²) in [6, 6.07) is 0. The second-order valence-electron chi connectivity index (χ2n) is 2.93. The Bertz CT molecular complexity index is 115. The molecule has 0 bridgehead atoms. The molecule has 0 atom stereocenters. The number of nitrogens with two attached hydrogens (primary N) is 1. The van der Waals surface area contributed by atoms with Crippen LogP contribution in [-0.2, 0) is 18.9 Å². The van der Waals surface area contributed by atoms with Crippen LogP contribution in [0.15, 0.2) is 0 Å². The van der Waals surface area contributed by atoms with Gasteiger partial charge in [-0.25, -0.2) is 0 Å². The zero-order valence-corrected chi connectivity index (χ0v) is 11.2. The summed E-state index contributed by atoms with van der Waals surface area (Å²) >= 11 is 3.27. The minimum Gasteiger partial charge on any atom is -0.378 e. The molecule has 0 aromatic heterocycles. The van der Waals surface area contributed by atoms with Crippen LogP contribution in [-0.4, -0.2) is 64.7 Å². The monoisotopic (exact) mass is 299 g/mol. The van der Waals surface area contributed by atoms with Gasteiger partial charge in [-0.1, -0.05) is 15.9 Å². The van der Waals surface area contributed by atoms with Crippen LogP contribution in [0, 0.1) is 0 Å². The largest absolute Gasteiger partial charge is 0.378 e. The van der Waals surface area contributed by atoms with Gasteiger partial charge in [0.2, 0.25) is 0 Å². The van der Waals surface area contributed by atoms with Crippen LogP contribution in [0.3, 0.4) is 0 Å². The summed E-state index contributed by atoms with van der Waals surface area (Å²) in [6.45, 7) is 5.46. The molecule has 0 radical (unpaired) electrons. The molecule has 0 aromatic rings. The predicted octanol–water partition coefficient (Wildman–Crippen LogP) is 0.406. The van der Waals surface area contributed by atoms with E-state index in [4.69, 9.17) is 24.7 Å². The summed E-state index contributed by atoms with van der Waals surface area (Å²) in [6.07, 6.45) is 0. The van der Waals surface area contributed by atoms with Crippen molar-refractivity contribution in [1.82, 2.24) is 0 Å². The van der Waals surface area contributed by atoms with E-state index in [0.717, 1.165) is 11.9 Å². The van der Waals surface area contributed by atoms with E-state index in [0.29, 0.717) is 52.8 Å². The van der Waals surface area contributed by atoms with Gasteiger partial charge in [-0.3, -0.25) is 0 Å². The van der Waals surface area contributed by atoms with Crippen molar-refractivity contribution in [1.29, 1.82) is 0 Å². The summed E-state index contributed by atoms with van der Waals surface area (Å²) in [5, 5.41) is 0.860. The average molecular weight is 300 g/mol. The zero-order chi connectivity index (χ0) is 11.9. The molecule has 6 heteroatoms. The molecule has 0 aliphatic carbocycles. The molecule has 0 aromatic carbocycles. The number of hydrogen-bond donors (Lipinski definition) is 1. The van der Waals surface area contributed by atoms with E-state index in [1.54, 1.807) is 0 Å². The Labute approximate surface area is 106 Å². The lowest BCUT2D eigenvalue weighted by Gasteiger charge is -2.06. The van der Waals surface area contributed by atoms with Gasteiger partial charge < -0.3 is 24.7 Å². The van der Waals surface area contributed by atoms with Gasteiger partial charge in [-0.2, -0.15) is 0 Å². The molecule has 0 saturated heterocycles. The highest BCUT2D eigenvalue weighted by Gasteiger charge is 1.91. The first-order valence-electron chi connectivity index (χ1n) is 5.48. The Morgan fingerprint density at radius 1 is 0.625 bits per heavy atom. The molecule has 0 aliphatic heterocycles. The van der Waals surface area contributed by atoms with Crippen molar-refractivity contribution >= 4 is 15.9 Å². The lowest BCUT2D eigenvalue weighted by molar-refractivity contribution is 0.000701. The molecule has 0 fully saturated rings. The van der Waals surface area contributed by atoms with Crippen LogP contribution in [0.25, 0.3) is 0 Å². The van der Waals surface area contributed by atoms with Gasteiger partial charge in [0.25, 0.3) is 0 Å². The lowest BCUT2D eigenvalue weighted by Crippen LogP contribution is -2.14. The molecule has 0 aliphatic rings. The van der Waals surface area contributed by atoms with Crippen molar-refractivity contribution in [3.8, 4) is 0 Å². The molecule has 16 heavy (non-hydrogen) atoms. The maximum absolute atomic E-state index is 5.28. The molecule has 0 spiro atoms. The van der Waals surface area contributed by atoms with Crippen molar-refractivity contribution in [3.63, 3.8) is 0 Å². The second kappa shape index (κ2) is 15.3. The van der Waals surface area contributed by atoms with E-state index in [9.17, 15) is 0 Å². The summed E-state index contributed by atoms with van der Waals surface area (Å²) in [5.41, 5.74) is 5.26. The van der Waals surface area contributed by atoms with Gasteiger partial charge in [0.1, 0.15) is 0 Å². The number of halogens is 1. The molecule has 0 rings (SSSR count). The van der Waals surface area contributed by atoms with Crippen molar-refractivity contribution in [2.45, 2.75) is 0 Å². The SMILES string of the molecule is NCCOCCOCCOCCOCCBr. The molecule has 0 amide bonds. The van der Waals surface area contributed by atoms with Crippen LogP contribution in [0.4, 0.5) is 0 Å². The number of rotatable bonds is 13. The van der Waals surface area contributed by atoms with Gasteiger partial charge in [0.15, 0.2) is 0 Å². The summed E-state index contributed by atoms with van der Waals surface area (Å²) in [7, 11) is 0. The Balaban J connectivity index is 2.83. The first-order valence-corrected chi connectivity index (χ1v) is 6.61.